The fourth-order valence-electron chi connectivity index (χ4n) is 5.93. The third-order valence-corrected chi connectivity index (χ3v) is 8.00. The van der Waals surface area contributed by atoms with Crippen LogP contribution in [0.4, 0.5) is 0 Å². The van der Waals surface area contributed by atoms with Gasteiger partial charge in [0.2, 0.25) is 0 Å². The van der Waals surface area contributed by atoms with E-state index in [0.29, 0.717) is 11.8 Å². The van der Waals surface area contributed by atoms with E-state index < -0.39 is 0 Å². The molecule has 178 valence electrons. The summed E-state index contributed by atoms with van der Waals surface area (Å²) in [5, 5.41) is 0. The number of rotatable bonds is 8. The smallest absolute Gasteiger partial charge is 0.309 e. The lowest BCUT2D eigenvalue weighted by Crippen LogP contribution is -2.29. The van der Waals surface area contributed by atoms with E-state index in [-0.39, 0.29) is 18.0 Å². The van der Waals surface area contributed by atoms with Crippen LogP contribution >= 0.6 is 0 Å². The first-order chi connectivity index (χ1) is 16.2. The lowest BCUT2D eigenvalue weighted by molar-refractivity contribution is -0.157. The quantitative estimate of drug-likeness (QED) is 0.383. The Labute approximate surface area is 201 Å². The maximum Gasteiger partial charge on any atom is 0.309 e. The van der Waals surface area contributed by atoms with Gasteiger partial charge in [-0.15, -0.1) is 0 Å². The number of carbonyl (C=O) groups excluding carboxylic acids is 1. The molecule has 0 radical (unpaired) electrons. The number of benzene rings is 2. The maximum absolute atomic E-state index is 12.9. The van der Waals surface area contributed by atoms with Gasteiger partial charge in [-0.1, -0.05) is 75.2 Å². The molecule has 0 amide bonds. The largest absolute Gasteiger partial charge is 0.462 e. The molecule has 2 aromatic carbocycles. The van der Waals surface area contributed by atoms with E-state index in [9.17, 15) is 4.79 Å². The number of hydrogen-bond donors (Lipinski definition) is 0. The zero-order chi connectivity index (χ0) is 23.0. The average molecular weight is 447 g/mol. The van der Waals surface area contributed by atoms with Crippen LogP contribution in [0.3, 0.4) is 0 Å². The molecule has 4 rings (SSSR count). The molecule has 0 aromatic heterocycles. The molecule has 2 aliphatic carbocycles. The van der Waals surface area contributed by atoms with E-state index in [1.54, 1.807) is 0 Å². The molecule has 2 heteroatoms. The standard InChI is InChI=1S/C31H42O2/c1-3-5-23-7-11-25(12-8-23)27-15-17-29(18-16-27)31(32)33-30-21-19-28(20-22-30)26-13-9-24(6-4-2)10-14-26/h7-14,27-30H,3-6,15-22H2,1-2H3/t27-,28-,29-,30-. The summed E-state index contributed by atoms with van der Waals surface area (Å²) in [7, 11) is 0. The van der Waals surface area contributed by atoms with Gasteiger partial charge < -0.3 is 4.74 Å². The predicted octanol–water partition coefficient (Wildman–Crippen LogP) is 8.14. The molecular formula is C31H42O2. The Hall–Kier alpha value is -2.09. The summed E-state index contributed by atoms with van der Waals surface area (Å²) >= 11 is 0. The molecule has 33 heavy (non-hydrogen) atoms. The van der Waals surface area contributed by atoms with Gasteiger partial charge in [0.05, 0.1) is 5.92 Å². The monoisotopic (exact) mass is 446 g/mol. The molecule has 0 bridgehead atoms. The second-order valence-corrected chi connectivity index (χ2v) is 10.4. The van der Waals surface area contributed by atoms with Crippen molar-refractivity contribution in [3.63, 3.8) is 0 Å². The van der Waals surface area contributed by atoms with Crippen LogP contribution in [-0.4, -0.2) is 12.1 Å². The highest BCUT2D eigenvalue weighted by Crippen LogP contribution is 2.38. The molecule has 0 atom stereocenters. The molecule has 2 aliphatic rings. The Kier molecular flexibility index (Phi) is 8.64. The summed E-state index contributed by atoms with van der Waals surface area (Å²) in [5.74, 6) is 1.39. The van der Waals surface area contributed by atoms with Crippen LogP contribution < -0.4 is 0 Å². The normalized spacial score (nSPS) is 25.5. The first-order valence-corrected chi connectivity index (χ1v) is 13.5. The third-order valence-electron chi connectivity index (χ3n) is 8.00. The predicted molar refractivity (Wildman–Crippen MR) is 137 cm³/mol. The Morgan fingerprint density at radius 3 is 1.52 bits per heavy atom. The van der Waals surface area contributed by atoms with Gasteiger partial charge in [-0.25, -0.2) is 0 Å². The molecule has 0 unspecified atom stereocenters. The van der Waals surface area contributed by atoms with Crippen molar-refractivity contribution in [3.05, 3.63) is 70.8 Å². The van der Waals surface area contributed by atoms with Crippen molar-refractivity contribution < 1.29 is 9.53 Å². The molecule has 0 aliphatic heterocycles. The van der Waals surface area contributed by atoms with E-state index in [0.717, 1.165) is 64.2 Å². The average Bonchev–Trinajstić information content (AvgIpc) is 2.86. The molecule has 0 N–H and O–H groups in total. The minimum atomic E-state index is 0.0686. The van der Waals surface area contributed by atoms with Crippen LogP contribution in [0.1, 0.15) is 112 Å². The summed E-state index contributed by atoms with van der Waals surface area (Å²) in [6.45, 7) is 4.46. The molecule has 2 saturated carbocycles. The Balaban J connectivity index is 1.20. The fourth-order valence-corrected chi connectivity index (χ4v) is 5.93. The number of ether oxygens (including phenoxy) is 1. The molecule has 0 saturated heterocycles. The fraction of sp³-hybridized carbons (Fsp3) is 0.581. The van der Waals surface area contributed by atoms with E-state index in [4.69, 9.17) is 4.74 Å². The zero-order valence-corrected chi connectivity index (χ0v) is 20.7. The van der Waals surface area contributed by atoms with E-state index in [2.05, 4.69) is 62.4 Å². The van der Waals surface area contributed by atoms with Gasteiger partial charge in [0.15, 0.2) is 0 Å². The van der Waals surface area contributed by atoms with Crippen LogP contribution in [0.25, 0.3) is 0 Å². The second-order valence-electron chi connectivity index (χ2n) is 10.4. The number of aryl methyl sites for hydroxylation is 2. The third kappa shape index (κ3) is 6.49. The van der Waals surface area contributed by atoms with Crippen LogP contribution in [0, 0.1) is 5.92 Å². The molecular weight excluding hydrogens is 404 g/mol. The summed E-state index contributed by atoms with van der Waals surface area (Å²) in [4.78, 5) is 12.9. The Morgan fingerprint density at radius 2 is 1.09 bits per heavy atom. The minimum Gasteiger partial charge on any atom is -0.462 e. The topological polar surface area (TPSA) is 26.3 Å². The summed E-state index contributed by atoms with van der Waals surface area (Å²) in [6, 6.07) is 18.4. The van der Waals surface area contributed by atoms with Gasteiger partial charge in [0, 0.05) is 0 Å². The highest BCUT2D eigenvalue weighted by molar-refractivity contribution is 5.72. The van der Waals surface area contributed by atoms with Gasteiger partial charge in [0.25, 0.3) is 0 Å². The number of hydrogen-bond acceptors (Lipinski definition) is 2. The first-order valence-electron chi connectivity index (χ1n) is 13.5. The summed E-state index contributed by atoms with van der Waals surface area (Å²) in [5.41, 5.74) is 5.78. The zero-order valence-electron chi connectivity index (χ0n) is 20.7. The Bertz CT molecular complexity index is 851. The Morgan fingerprint density at radius 1 is 0.667 bits per heavy atom. The van der Waals surface area contributed by atoms with Gasteiger partial charge >= 0.3 is 5.97 Å². The molecule has 0 heterocycles. The van der Waals surface area contributed by atoms with Crippen molar-refractivity contribution in [1.82, 2.24) is 0 Å². The van der Waals surface area contributed by atoms with Gasteiger partial charge in [-0.3, -0.25) is 4.79 Å². The van der Waals surface area contributed by atoms with Crippen molar-refractivity contribution in [2.75, 3.05) is 0 Å². The lowest BCUT2D eigenvalue weighted by Gasteiger charge is -2.32. The molecule has 2 nitrogen and oxygen atoms in total. The lowest BCUT2D eigenvalue weighted by atomic mass is 9.78. The van der Waals surface area contributed by atoms with Crippen LogP contribution in [0.15, 0.2) is 48.5 Å². The highest BCUT2D eigenvalue weighted by Gasteiger charge is 2.31. The van der Waals surface area contributed by atoms with Crippen molar-refractivity contribution in [3.8, 4) is 0 Å². The molecule has 2 aromatic rings. The van der Waals surface area contributed by atoms with Crippen molar-refractivity contribution in [2.45, 2.75) is 109 Å². The number of esters is 1. The van der Waals surface area contributed by atoms with E-state index >= 15 is 0 Å². The first kappa shape index (κ1) is 24.0. The second kappa shape index (κ2) is 11.9. The maximum atomic E-state index is 12.9. The van der Waals surface area contributed by atoms with E-state index in [1.807, 2.05) is 0 Å². The summed E-state index contributed by atoms with van der Waals surface area (Å²) < 4.78 is 6.01. The highest BCUT2D eigenvalue weighted by atomic mass is 16.5. The molecule has 0 spiro atoms. The van der Waals surface area contributed by atoms with Crippen LogP contribution in [-0.2, 0) is 22.4 Å². The van der Waals surface area contributed by atoms with Crippen molar-refractivity contribution in [1.29, 1.82) is 0 Å². The van der Waals surface area contributed by atoms with Crippen LogP contribution in [0.2, 0.25) is 0 Å². The van der Waals surface area contributed by atoms with Gasteiger partial charge in [-0.2, -0.15) is 0 Å². The number of carbonyl (C=O) groups is 1. The summed E-state index contributed by atoms with van der Waals surface area (Å²) in [6.07, 6.45) is 13.3. The SMILES string of the molecule is CCCc1ccc([C@H]2CC[C@H](OC(=O)[C@H]3CC[C@H](c4ccc(CCC)cc4)CC3)CC2)cc1. The van der Waals surface area contributed by atoms with Crippen molar-refractivity contribution in [2.24, 2.45) is 5.92 Å². The minimum absolute atomic E-state index is 0.0686. The molecule has 2 fully saturated rings. The van der Waals surface area contributed by atoms with E-state index in [1.165, 1.54) is 35.1 Å². The van der Waals surface area contributed by atoms with Gasteiger partial charge in [-0.05, 0) is 98.3 Å². The van der Waals surface area contributed by atoms with Gasteiger partial charge in [0.1, 0.15) is 6.10 Å². The van der Waals surface area contributed by atoms with Crippen molar-refractivity contribution >= 4 is 5.97 Å². The van der Waals surface area contributed by atoms with Crippen LogP contribution in [0.5, 0.6) is 0 Å².